The van der Waals surface area contributed by atoms with Gasteiger partial charge >= 0.3 is 5.69 Å². The number of para-hydroxylation sites is 1. The first kappa shape index (κ1) is 22.8. The number of nitrogen functional groups attached to an aromatic ring is 1. The molecular weight excluding hydrogens is 434 g/mol. The number of H-pyrrole nitrogens is 2. The molecule has 34 heavy (non-hydrogen) atoms. The number of hydrogen-bond donors (Lipinski definition) is 3. The summed E-state index contributed by atoms with van der Waals surface area (Å²) in [7, 11) is 0. The number of unbranched alkanes of at least 4 members (excludes halogenated alkanes) is 1. The van der Waals surface area contributed by atoms with Crippen molar-refractivity contribution in [3.8, 4) is 0 Å². The Morgan fingerprint density at radius 2 is 1.71 bits per heavy atom. The van der Waals surface area contributed by atoms with Crippen LogP contribution in [-0.2, 0) is 13.1 Å². The number of amides is 1. The number of hydrogen-bond acceptors (Lipinski definition) is 5. The fourth-order valence-electron chi connectivity index (χ4n) is 3.92. The van der Waals surface area contributed by atoms with Gasteiger partial charge in [-0.25, -0.2) is 4.79 Å². The Kier molecular flexibility index (Phi) is 6.44. The van der Waals surface area contributed by atoms with E-state index in [2.05, 4.69) is 9.97 Å². The Morgan fingerprint density at radius 3 is 2.44 bits per heavy atom. The van der Waals surface area contributed by atoms with Gasteiger partial charge in [-0.15, -0.1) is 0 Å². The molecule has 0 bridgehead atoms. The number of fused-ring (bicyclic) bond motifs is 1. The number of carbonyl (C=O) groups is 1. The van der Waals surface area contributed by atoms with E-state index in [1.807, 2.05) is 37.3 Å². The second-order valence-electron chi connectivity index (χ2n) is 7.97. The monoisotopic (exact) mass is 459 g/mol. The summed E-state index contributed by atoms with van der Waals surface area (Å²) in [6.45, 7) is 2.28. The first-order valence-electron chi connectivity index (χ1n) is 11.0. The number of anilines is 2. The van der Waals surface area contributed by atoms with Crippen molar-refractivity contribution in [1.29, 1.82) is 0 Å². The number of carbonyl (C=O) groups excluding carboxylic acids is 1. The molecule has 0 fully saturated rings. The molecule has 9 nitrogen and oxygen atoms in total. The number of aromatic nitrogens is 3. The number of rotatable bonds is 7. The maximum Gasteiger partial charge on any atom is 0.330 e. The second kappa shape index (κ2) is 9.62. The lowest BCUT2D eigenvalue weighted by atomic mass is 10.1. The van der Waals surface area contributed by atoms with Crippen molar-refractivity contribution in [2.24, 2.45) is 0 Å². The quantitative estimate of drug-likeness (QED) is 0.391. The van der Waals surface area contributed by atoms with Crippen molar-refractivity contribution in [1.82, 2.24) is 14.5 Å². The molecule has 0 aliphatic rings. The molecule has 0 saturated heterocycles. The van der Waals surface area contributed by atoms with Gasteiger partial charge in [-0.3, -0.25) is 28.8 Å². The lowest BCUT2D eigenvalue weighted by molar-refractivity contribution is 0.0986. The van der Waals surface area contributed by atoms with Crippen LogP contribution in [0.2, 0.25) is 0 Å². The van der Waals surface area contributed by atoms with Crippen LogP contribution < -0.4 is 27.4 Å². The number of nitrogens with two attached hydrogens (primary N) is 1. The molecule has 0 unspecified atom stereocenters. The average molecular weight is 460 g/mol. The molecule has 0 aliphatic heterocycles. The maximum absolute atomic E-state index is 13.9. The predicted octanol–water partition coefficient (Wildman–Crippen LogP) is 2.61. The molecule has 0 saturated carbocycles. The first-order chi connectivity index (χ1) is 16.4. The third-order valence-corrected chi connectivity index (χ3v) is 5.63. The third-order valence-electron chi connectivity index (χ3n) is 5.63. The molecule has 0 radical (unpaired) electrons. The Labute approximate surface area is 194 Å². The zero-order valence-corrected chi connectivity index (χ0v) is 18.7. The highest BCUT2D eigenvalue weighted by Gasteiger charge is 2.27. The number of benzene rings is 2. The van der Waals surface area contributed by atoms with Crippen LogP contribution in [-0.4, -0.2) is 20.4 Å². The van der Waals surface area contributed by atoms with Crippen LogP contribution in [0.1, 0.15) is 35.7 Å². The van der Waals surface area contributed by atoms with E-state index in [4.69, 9.17) is 5.73 Å². The van der Waals surface area contributed by atoms with E-state index in [1.165, 1.54) is 15.5 Å². The van der Waals surface area contributed by atoms with Gasteiger partial charge < -0.3 is 10.7 Å². The van der Waals surface area contributed by atoms with Gasteiger partial charge in [-0.2, -0.15) is 0 Å². The summed E-state index contributed by atoms with van der Waals surface area (Å²) in [5.74, 6) is -0.676. The van der Waals surface area contributed by atoms with E-state index in [1.54, 1.807) is 24.3 Å². The predicted molar refractivity (Wildman–Crippen MR) is 132 cm³/mol. The van der Waals surface area contributed by atoms with Gasteiger partial charge in [-0.1, -0.05) is 61.9 Å². The van der Waals surface area contributed by atoms with Crippen LogP contribution in [0, 0.1) is 0 Å². The van der Waals surface area contributed by atoms with Gasteiger partial charge in [0.25, 0.3) is 11.5 Å². The molecule has 174 valence electrons. The summed E-state index contributed by atoms with van der Waals surface area (Å²) in [4.78, 5) is 57.9. The van der Waals surface area contributed by atoms with E-state index in [0.717, 1.165) is 12.0 Å². The topological polar surface area (TPSA) is 134 Å². The molecule has 4 rings (SSSR count). The third kappa shape index (κ3) is 4.40. The van der Waals surface area contributed by atoms with Crippen molar-refractivity contribution >= 4 is 28.3 Å². The SMILES string of the molecule is CCCCn1c(N)c(N(Cc2ccccc2)C(=O)c2cc(=O)[nH]c3ccccc23)c(=O)[nH]c1=O. The standard InChI is InChI=1S/C25H25N5O4/c1-2-3-13-29-22(26)21(23(32)28-25(29)34)30(15-16-9-5-4-6-10-16)24(33)18-14-20(31)27-19-12-8-7-11-17(18)19/h4-12,14H,2-3,13,15,26H2,1H3,(H,27,31)(H,28,32,34). The normalized spacial score (nSPS) is 11.0. The van der Waals surface area contributed by atoms with Gasteiger partial charge in [0, 0.05) is 23.5 Å². The van der Waals surface area contributed by atoms with Gasteiger partial charge in [0.15, 0.2) is 5.69 Å². The van der Waals surface area contributed by atoms with Gasteiger partial charge in [0.1, 0.15) is 5.82 Å². The Bertz CT molecular complexity index is 1520. The van der Waals surface area contributed by atoms with E-state index >= 15 is 0 Å². The molecule has 0 spiro atoms. The van der Waals surface area contributed by atoms with Crippen LogP contribution in [0.4, 0.5) is 11.5 Å². The summed E-state index contributed by atoms with van der Waals surface area (Å²) >= 11 is 0. The second-order valence-corrected chi connectivity index (χ2v) is 7.97. The summed E-state index contributed by atoms with van der Waals surface area (Å²) in [5.41, 5.74) is 5.70. The van der Waals surface area contributed by atoms with Crippen LogP contribution in [0.25, 0.3) is 10.9 Å². The Morgan fingerprint density at radius 1 is 1.00 bits per heavy atom. The lowest BCUT2D eigenvalue weighted by Crippen LogP contribution is -2.41. The Hall–Kier alpha value is -4.40. The largest absolute Gasteiger partial charge is 0.383 e. The molecule has 2 aromatic carbocycles. The summed E-state index contributed by atoms with van der Waals surface area (Å²) in [6.07, 6.45) is 1.48. The average Bonchev–Trinajstić information content (AvgIpc) is 2.82. The first-order valence-corrected chi connectivity index (χ1v) is 11.0. The lowest BCUT2D eigenvalue weighted by Gasteiger charge is -2.25. The Balaban J connectivity index is 1.94. The molecule has 0 atom stereocenters. The minimum atomic E-state index is -0.770. The fourth-order valence-corrected chi connectivity index (χ4v) is 3.92. The molecule has 2 aromatic heterocycles. The summed E-state index contributed by atoms with van der Waals surface area (Å²) in [5, 5.41) is 0.527. The van der Waals surface area contributed by atoms with Crippen molar-refractivity contribution in [2.75, 3.05) is 10.6 Å². The van der Waals surface area contributed by atoms with Gasteiger partial charge in [0.2, 0.25) is 5.56 Å². The van der Waals surface area contributed by atoms with Crippen LogP contribution in [0.5, 0.6) is 0 Å². The van der Waals surface area contributed by atoms with E-state index in [9.17, 15) is 19.2 Å². The highest BCUT2D eigenvalue weighted by atomic mass is 16.2. The van der Waals surface area contributed by atoms with Gasteiger partial charge in [0.05, 0.1) is 12.1 Å². The number of nitrogens with one attached hydrogen (secondary N) is 2. The summed E-state index contributed by atoms with van der Waals surface area (Å²) < 4.78 is 1.27. The van der Waals surface area contributed by atoms with Crippen LogP contribution in [0.3, 0.4) is 0 Å². The maximum atomic E-state index is 13.9. The van der Waals surface area contributed by atoms with Crippen molar-refractivity contribution in [2.45, 2.75) is 32.9 Å². The highest BCUT2D eigenvalue weighted by Crippen LogP contribution is 2.24. The molecule has 0 aliphatic carbocycles. The van der Waals surface area contributed by atoms with E-state index in [0.29, 0.717) is 23.9 Å². The van der Waals surface area contributed by atoms with Crippen molar-refractivity contribution in [3.63, 3.8) is 0 Å². The fraction of sp³-hybridized carbons (Fsp3) is 0.200. The molecule has 9 heteroatoms. The minimum absolute atomic E-state index is 0.0139. The van der Waals surface area contributed by atoms with Crippen molar-refractivity contribution < 1.29 is 4.79 Å². The zero-order chi connectivity index (χ0) is 24.2. The molecule has 1 amide bonds. The van der Waals surface area contributed by atoms with E-state index < -0.39 is 22.7 Å². The zero-order valence-electron chi connectivity index (χ0n) is 18.7. The molecule has 4 aromatic rings. The molecular formula is C25H25N5O4. The number of aromatic amines is 2. The molecule has 2 heterocycles. The highest BCUT2D eigenvalue weighted by molar-refractivity contribution is 6.14. The number of pyridine rings is 1. The summed E-state index contributed by atoms with van der Waals surface area (Å²) in [6, 6.07) is 17.2. The van der Waals surface area contributed by atoms with Gasteiger partial charge in [-0.05, 0) is 18.1 Å². The van der Waals surface area contributed by atoms with E-state index in [-0.39, 0.29) is 23.6 Å². The van der Waals surface area contributed by atoms with Crippen LogP contribution in [0.15, 0.2) is 75.0 Å². The minimum Gasteiger partial charge on any atom is -0.383 e. The smallest absolute Gasteiger partial charge is 0.330 e. The van der Waals surface area contributed by atoms with Crippen molar-refractivity contribution in [3.05, 3.63) is 103 Å². The number of nitrogens with zero attached hydrogens (tertiary/aromatic N) is 2. The van der Waals surface area contributed by atoms with Crippen LogP contribution >= 0.6 is 0 Å². The molecule has 4 N–H and O–H groups in total.